The average Bonchev–Trinajstić information content (AvgIpc) is 2.27. The molecule has 0 N–H and O–H groups in total. The van der Waals surface area contributed by atoms with Gasteiger partial charge in [0, 0.05) is 26.4 Å². The Morgan fingerprint density at radius 1 is 1.07 bits per heavy atom. The molecule has 0 aliphatic rings. The standard InChI is InChI=1S/C11H18NO2/c1-4-8-11(13-2,14-3)12-9-6-5-7-10-12/h5-7,9-10H,4,8H2,1-3H3/q+1. The third kappa shape index (κ3) is 2.11. The highest BCUT2D eigenvalue weighted by molar-refractivity contribution is 4.84. The summed E-state index contributed by atoms with van der Waals surface area (Å²) < 4.78 is 12.8. The lowest BCUT2D eigenvalue weighted by molar-refractivity contribution is -0.855. The van der Waals surface area contributed by atoms with Gasteiger partial charge in [0.25, 0.3) is 0 Å². The fraction of sp³-hybridized carbons (Fsp3) is 0.545. The number of ether oxygens (including phenoxy) is 2. The molecular formula is C11H18NO2+. The zero-order valence-corrected chi connectivity index (χ0v) is 9.06. The van der Waals surface area contributed by atoms with Crippen LogP contribution in [0.1, 0.15) is 19.8 Å². The first-order valence-corrected chi connectivity index (χ1v) is 4.86. The molecule has 0 aromatic carbocycles. The number of hydrogen-bond acceptors (Lipinski definition) is 2. The first kappa shape index (κ1) is 11.1. The Balaban J connectivity index is 2.98. The lowest BCUT2D eigenvalue weighted by Crippen LogP contribution is -2.58. The molecule has 0 aliphatic heterocycles. The summed E-state index contributed by atoms with van der Waals surface area (Å²) in [4.78, 5) is 0. The fourth-order valence-corrected chi connectivity index (χ4v) is 1.57. The van der Waals surface area contributed by atoms with Crippen LogP contribution in [0.25, 0.3) is 0 Å². The van der Waals surface area contributed by atoms with Crippen LogP contribution in [0.3, 0.4) is 0 Å². The van der Waals surface area contributed by atoms with E-state index in [0.717, 1.165) is 12.8 Å². The summed E-state index contributed by atoms with van der Waals surface area (Å²) in [5, 5.41) is 0. The van der Waals surface area contributed by atoms with E-state index in [2.05, 4.69) is 6.92 Å². The van der Waals surface area contributed by atoms with Crippen molar-refractivity contribution in [2.24, 2.45) is 0 Å². The van der Waals surface area contributed by atoms with Crippen LogP contribution in [0.2, 0.25) is 0 Å². The third-order valence-electron chi connectivity index (χ3n) is 2.31. The second-order valence-electron chi connectivity index (χ2n) is 3.15. The maximum Gasteiger partial charge on any atom is 0.390 e. The van der Waals surface area contributed by atoms with E-state index in [4.69, 9.17) is 9.47 Å². The Bertz CT molecular complexity index is 257. The van der Waals surface area contributed by atoms with Gasteiger partial charge in [0.05, 0.1) is 6.42 Å². The Morgan fingerprint density at radius 2 is 1.64 bits per heavy atom. The van der Waals surface area contributed by atoms with Crippen molar-refractivity contribution in [3.05, 3.63) is 30.6 Å². The van der Waals surface area contributed by atoms with Crippen molar-refractivity contribution in [1.29, 1.82) is 0 Å². The molecule has 0 spiro atoms. The van der Waals surface area contributed by atoms with Gasteiger partial charge in [-0.15, -0.1) is 4.57 Å². The van der Waals surface area contributed by atoms with Crippen LogP contribution in [0, 0.1) is 0 Å². The van der Waals surface area contributed by atoms with Crippen LogP contribution in [-0.2, 0) is 15.4 Å². The number of hydrogen-bond donors (Lipinski definition) is 0. The normalized spacial score (nSPS) is 11.6. The minimum absolute atomic E-state index is 0.657. The summed E-state index contributed by atoms with van der Waals surface area (Å²) in [5.74, 6) is -0.657. The highest BCUT2D eigenvalue weighted by atomic mass is 16.7. The van der Waals surface area contributed by atoms with E-state index >= 15 is 0 Å². The van der Waals surface area contributed by atoms with Gasteiger partial charge < -0.3 is 0 Å². The molecule has 0 saturated heterocycles. The molecule has 0 saturated carbocycles. The van der Waals surface area contributed by atoms with Crippen molar-refractivity contribution in [2.45, 2.75) is 25.7 Å². The molecule has 1 aromatic rings. The fourth-order valence-electron chi connectivity index (χ4n) is 1.57. The van der Waals surface area contributed by atoms with Gasteiger partial charge in [-0.2, -0.15) is 0 Å². The minimum atomic E-state index is -0.657. The van der Waals surface area contributed by atoms with E-state index < -0.39 is 5.91 Å². The molecular weight excluding hydrogens is 178 g/mol. The minimum Gasteiger partial charge on any atom is -0.298 e. The molecule has 1 heterocycles. The number of methoxy groups -OCH3 is 2. The molecule has 0 amide bonds. The van der Waals surface area contributed by atoms with Crippen molar-refractivity contribution in [2.75, 3.05) is 14.2 Å². The monoisotopic (exact) mass is 196 g/mol. The Labute approximate surface area is 85.3 Å². The third-order valence-corrected chi connectivity index (χ3v) is 2.31. The van der Waals surface area contributed by atoms with Gasteiger partial charge in [-0.05, 0) is 6.42 Å². The van der Waals surface area contributed by atoms with Crippen molar-refractivity contribution < 1.29 is 14.0 Å². The van der Waals surface area contributed by atoms with Crippen LogP contribution in [0.4, 0.5) is 0 Å². The Morgan fingerprint density at radius 3 is 2.07 bits per heavy atom. The number of rotatable bonds is 5. The summed E-state index contributed by atoms with van der Waals surface area (Å²) >= 11 is 0. The second kappa shape index (κ2) is 5.08. The van der Waals surface area contributed by atoms with Crippen LogP contribution in [-0.4, -0.2) is 14.2 Å². The molecule has 0 bridgehead atoms. The van der Waals surface area contributed by atoms with Crippen molar-refractivity contribution in [3.8, 4) is 0 Å². The molecule has 0 fully saturated rings. The van der Waals surface area contributed by atoms with Gasteiger partial charge in [0.1, 0.15) is 0 Å². The first-order chi connectivity index (χ1) is 6.79. The number of pyridine rings is 1. The molecule has 14 heavy (non-hydrogen) atoms. The topological polar surface area (TPSA) is 22.3 Å². The molecule has 0 radical (unpaired) electrons. The van der Waals surface area contributed by atoms with Crippen molar-refractivity contribution in [1.82, 2.24) is 0 Å². The lowest BCUT2D eigenvalue weighted by Gasteiger charge is -2.23. The van der Waals surface area contributed by atoms with E-state index in [9.17, 15) is 0 Å². The second-order valence-corrected chi connectivity index (χ2v) is 3.15. The molecule has 3 nitrogen and oxygen atoms in total. The Hall–Kier alpha value is -0.930. The maximum absolute atomic E-state index is 5.45. The zero-order chi connectivity index (χ0) is 10.4. The first-order valence-electron chi connectivity index (χ1n) is 4.86. The highest BCUT2D eigenvalue weighted by Gasteiger charge is 2.39. The Kier molecular flexibility index (Phi) is 4.04. The van der Waals surface area contributed by atoms with Gasteiger partial charge in [0.15, 0.2) is 12.4 Å². The van der Waals surface area contributed by atoms with Gasteiger partial charge in [-0.25, -0.2) is 0 Å². The van der Waals surface area contributed by atoms with E-state index in [1.165, 1.54) is 0 Å². The van der Waals surface area contributed by atoms with E-state index in [0.29, 0.717) is 0 Å². The molecule has 1 rings (SSSR count). The molecule has 1 aromatic heterocycles. The van der Waals surface area contributed by atoms with E-state index in [1.807, 2.05) is 35.2 Å². The molecule has 0 atom stereocenters. The summed E-state index contributed by atoms with van der Waals surface area (Å²) in [6, 6.07) is 5.89. The highest BCUT2D eigenvalue weighted by Crippen LogP contribution is 2.17. The molecule has 78 valence electrons. The molecule has 0 aliphatic carbocycles. The predicted octanol–water partition coefficient (Wildman–Crippen LogP) is 1.68. The smallest absolute Gasteiger partial charge is 0.298 e. The summed E-state index contributed by atoms with van der Waals surface area (Å²) in [6.07, 6.45) is 5.73. The summed E-state index contributed by atoms with van der Waals surface area (Å²) in [6.45, 7) is 2.11. The largest absolute Gasteiger partial charge is 0.390 e. The molecule has 0 unspecified atom stereocenters. The van der Waals surface area contributed by atoms with E-state index in [1.54, 1.807) is 14.2 Å². The van der Waals surface area contributed by atoms with Crippen LogP contribution in [0.15, 0.2) is 30.6 Å². The van der Waals surface area contributed by atoms with Gasteiger partial charge >= 0.3 is 5.91 Å². The SMILES string of the molecule is CCCC(OC)(OC)[n+]1ccccc1. The van der Waals surface area contributed by atoms with Crippen molar-refractivity contribution in [3.63, 3.8) is 0 Å². The summed E-state index contributed by atoms with van der Waals surface area (Å²) in [7, 11) is 3.33. The lowest BCUT2D eigenvalue weighted by atomic mass is 10.2. The quantitative estimate of drug-likeness (QED) is 0.528. The van der Waals surface area contributed by atoms with Crippen LogP contribution in [0.5, 0.6) is 0 Å². The van der Waals surface area contributed by atoms with Crippen molar-refractivity contribution >= 4 is 0 Å². The zero-order valence-electron chi connectivity index (χ0n) is 9.06. The van der Waals surface area contributed by atoms with Gasteiger partial charge in [-0.1, -0.05) is 13.0 Å². The van der Waals surface area contributed by atoms with E-state index in [-0.39, 0.29) is 0 Å². The van der Waals surface area contributed by atoms with Crippen LogP contribution >= 0.6 is 0 Å². The molecule has 3 heteroatoms. The number of aromatic nitrogens is 1. The predicted molar refractivity (Wildman–Crippen MR) is 53.5 cm³/mol. The van der Waals surface area contributed by atoms with Gasteiger partial charge in [0.2, 0.25) is 0 Å². The van der Waals surface area contributed by atoms with Crippen LogP contribution < -0.4 is 4.57 Å². The maximum atomic E-state index is 5.45. The average molecular weight is 196 g/mol. The van der Waals surface area contributed by atoms with Gasteiger partial charge in [-0.3, -0.25) is 9.47 Å². The number of nitrogens with zero attached hydrogens (tertiary/aromatic N) is 1. The summed E-state index contributed by atoms with van der Waals surface area (Å²) in [5.41, 5.74) is 0.